The summed E-state index contributed by atoms with van der Waals surface area (Å²) in [5.74, 6) is 0.516. The van der Waals surface area contributed by atoms with E-state index in [9.17, 15) is 8.42 Å². The number of piperidine rings is 1. The van der Waals surface area contributed by atoms with Crippen molar-refractivity contribution in [2.24, 2.45) is 11.0 Å². The maximum absolute atomic E-state index is 13.3. The normalized spacial score (nSPS) is 15.5. The summed E-state index contributed by atoms with van der Waals surface area (Å²) in [5.41, 5.74) is 8.37. The fourth-order valence-electron chi connectivity index (χ4n) is 4.94. The zero-order valence-electron chi connectivity index (χ0n) is 23.2. The Morgan fingerprint density at radius 2 is 1.65 bits per heavy atom. The maximum Gasteiger partial charge on any atom is 0.243 e. The van der Waals surface area contributed by atoms with E-state index in [1.54, 1.807) is 22.7 Å². The third kappa shape index (κ3) is 6.86. The highest BCUT2D eigenvalue weighted by molar-refractivity contribution is 7.89. The van der Waals surface area contributed by atoms with E-state index in [0.717, 1.165) is 36.1 Å². The third-order valence-electron chi connectivity index (χ3n) is 7.38. The molecule has 0 bridgehead atoms. The van der Waals surface area contributed by atoms with E-state index < -0.39 is 10.0 Å². The molecule has 0 radical (unpaired) electrons. The summed E-state index contributed by atoms with van der Waals surface area (Å²) in [6, 6.07) is 25.8. The molecule has 5 rings (SSSR count). The number of hydrogen-bond donors (Lipinski definition) is 1. The van der Waals surface area contributed by atoms with Gasteiger partial charge in [0.25, 0.3) is 0 Å². The zero-order chi connectivity index (χ0) is 28.2. The predicted octanol–water partition coefficient (Wildman–Crippen LogP) is 7.20. The first-order chi connectivity index (χ1) is 19.2. The molecule has 0 aliphatic carbocycles. The second-order valence-electron chi connectivity index (χ2n) is 11.3. The van der Waals surface area contributed by atoms with E-state index in [4.69, 9.17) is 0 Å². The minimum absolute atomic E-state index is 0.118. The number of hydrogen-bond acceptors (Lipinski definition) is 6. The smallest absolute Gasteiger partial charge is 0.243 e. The lowest BCUT2D eigenvalue weighted by Gasteiger charge is -2.31. The highest BCUT2D eigenvalue weighted by Crippen LogP contribution is 2.29. The topological polar surface area (TPSA) is 74.7 Å². The average Bonchev–Trinajstić information content (AvgIpc) is 3.43. The van der Waals surface area contributed by atoms with Crippen LogP contribution in [0.1, 0.15) is 50.3 Å². The number of sulfonamides is 1. The number of nitrogens with zero attached hydrogens (tertiary/aromatic N) is 3. The molecule has 0 spiro atoms. The molecule has 1 aromatic heterocycles. The minimum atomic E-state index is -3.52. The predicted molar refractivity (Wildman–Crippen MR) is 166 cm³/mol. The first-order valence-corrected chi connectivity index (χ1v) is 16.0. The summed E-state index contributed by atoms with van der Waals surface area (Å²) >= 11 is 1.46. The van der Waals surface area contributed by atoms with Crippen LogP contribution in [0, 0.1) is 5.92 Å². The summed E-state index contributed by atoms with van der Waals surface area (Å²) in [5, 5.41) is 6.94. The SMILES string of the molecule is CC(C)(C)c1ccc(C=NNc2nc(-c3ccc(S(=O)(=O)N4CCC(Cc5ccccc5)CC4)cc3)cs2)cc1. The van der Waals surface area contributed by atoms with Crippen LogP contribution >= 0.6 is 11.3 Å². The number of aromatic nitrogens is 1. The van der Waals surface area contributed by atoms with Gasteiger partial charge in [0, 0.05) is 24.0 Å². The van der Waals surface area contributed by atoms with Gasteiger partial charge in [0.15, 0.2) is 0 Å². The highest BCUT2D eigenvalue weighted by Gasteiger charge is 2.29. The molecule has 4 aromatic rings. The van der Waals surface area contributed by atoms with E-state index in [2.05, 4.69) is 84.8 Å². The summed E-state index contributed by atoms with van der Waals surface area (Å²) in [6.07, 6.45) is 4.54. The Bertz CT molecular complexity index is 1530. The number of benzene rings is 3. The number of anilines is 1. The van der Waals surface area contributed by atoms with Crippen LogP contribution in [0.25, 0.3) is 11.3 Å². The summed E-state index contributed by atoms with van der Waals surface area (Å²) < 4.78 is 28.2. The second-order valence-corrected chi connectivity index (χ2v) is 14.1. The maximum atomic E-state index is 13.3. The van der Waals surface area contributed by atoms with Gasteiger partial charge in [0.2, 0.25) is 15.2 Å². The molecule has 1 aliphatic heterocycles. The number of thiazole rings is 1. The Labute approximate surface area is 241 Å². The fourth-order valence-corrected chi connectivity index (χ4v) is 7.08. The standard InChI is InChI=1S/C32H36N4O2S2/c1-32(2,3)28-13-9-26(10-14-28)22-33-35-31-34-30(23-39-31)27-11-15-29(16-12-27)40(37,38)36-19-17-25(18-20-36)21-24-7-5-4-6-8-24/h4-16,22-23,25H,17-21H2,1-3H3,(H,34,35). The third-order valence-corrected chi connectivity index (χ3v) is 10.0. The van der Waals surface area contributed by atoms with Crippen LogP contribution in [0.3, 0.4) is 0 Å². The highest BCUT2D eigenvalue weighted by atomic mass is 32.2. The molecular formula is C32H36N4O2S2. The molecule has 0 unspecified atom stereocenters. The number of nitrogens with one attached hydrogen (secondary N) is 1. The molecule has 0 atom stereocenters. The van der Waals surface area contributed by atoms with Gasteiger partial charge in [-0.25, -0.2) is 13.4 Å². The molecule has 2 heterocycles. The summed E-state index contributed by atoms with van der Waals surface area (Å²) in [7, 11) is -3.52. The Kier molecular flexibility index (Phi) is 8.49. The van der Waals surface area contributed by atoms with Gasteiger partial charge in [0.1, 0.15) is 0 Å². The molecule has 1 saturated heterocycles. The quantitative estimate of drug-likeness (QED) is 0.179. The van der Waals surface area contributed by atoms with Gasteiger partial charge in [-0.05, 0) is 59.4 Å². The van der Waals surface area contributed by atoms with Crippen LogP contribution < -0.4 is 5.43 Å². The van der Waals surface area contributed by atoms with Gasteiger partial charge < -0.3 is 0 Å². The molecule has 3 aromatic carbocycles. The van der Waals surface area contributed by atoms with E-state index in [1.165, 1.54) is 22.5 Å². The molecular weight excluding hydrogens is 537 g/mol. The Morgan fingerprint density at radius 3 is 2.30 bits per heavy atom. The van der Waals surface area contributed by atoms with Crippen molar-refractivity contribution in [1.82, 2.24) is 9.29 Å². The van der Waals surface area contributed by atoms with Crippen molar-refractivity contribution >= 4 is 32.7 Å². The van der Waals surface area contributed by atoms with Crippen molar-refractivity contribution in [1.29, 1.82) is 0 Å². The van der Waals surface area contributed by atoms with Gasteiger partial charge in [-0.15, -0.1) is 11.3 Å². The van der Waals surface area contributed by atoms with Crippen LogP contribution in [-0.2, 0) is 21.9 Å². The van der Waals surface area contributed by atoms with E-state index >= 15 is 0 Å². The largest absolute Gasteiger partial charge is 0.253 e. The van der Waals surface area contributed by atoms with Crippen LogP contribution in [0.2, 0.25) is 0 Å². The number of rotatable bonds is 8. The Morgan fingerprint density at radius 1 is 0.975 bits per heavy atom. The summed E-state index contributed by atoms with van der Waals surface area (Å²) in [4.78, 5) is 4.94. The van der Waals surface area contributed by atoms with Crippen LogP contribution in [0.15, 0.2) is 94.2 Å². The first kappa shape index (κ1) is 28.2. The van der Waals surface area contributed by atoms with Crippen LogP contribution in [0.4, 0.5) is 5.13 Å². The van der Waals surface area contributed by atoms with E-state index in [-0.39, 0.29) is 5.41 Å². The van der Waals surface area contributed by atoms with Crippen molar-refractivity contribution in [2.75, 3.05) is 18.5 Å². The second kappa shape index (κ2) is 12.0. The van der Waals surface area contributed by atoms with Gasteiger partial charge in [-0.1, -0.05) is 87.5 Å². The molecule has 1 N–H and O–H groups in total. The molecule has 1 aliphatic rings. The molecule has 40 heavy (non-hydrogen) atoms. The van der Waals surface area contributed by atoms with Gasteiger partial charge >= 0.3 is 0 Å². The minimum Gasteiger partial charge on any atom is -0.253 e. The van der Waals surface area contributed by atoms with Crippen molar-refractivity contribution in [3.8, 4) is 11.3 Å². The molecule has 0 amide bonds. The fraction of sp³-hybridized carbons (Fsp3) is 0.312. The Hall–Kier alpha value is -3.33. The lowest BCUT2D eigenvalue weighted by Crippen LogP contribution is -2.38. The van der Waals surface area contributed by atoms with Crippen molar-refractivity contribution in [2.45, 2.75) is 50.3 Å². The summed E-state index contributed by atoms with van der Waals surface area (Å²) in [6.45, 7) is 7.71. The van der Waals surface area contributed by atoms with Crippen molar-refractivity contribution in [3.05, 3.63) is 101 Å². The van der Waals surface area contributed by atoms with E-state index in [1.807, 2.05) is 23.6 Å². The Balaban J connectivity index is 1.16. The van der Waals surface area contributed by atoms with Gasteiger partial charge in [-0.2, -0.15) is 9.41 Å². The monoisotopic (exact) mass is 572 g/mol. The van der Waals surface area contributed by atoms with Crippen molar-refractivity contribution in [3.63, 3.8) is 0 Å². The molecule has 1 fully saturated rings. The van der Waals surface area contributed by atoms with Gasteiger partial charge in [0.05, 0.1) is 16.8 Å². The lowest BCUT2D eigenvalue weighted by atomic mass is 9.87. The molecule has 208 valence electrons. The molecule has 0 saturated carbocycles. The van der Waals surface area contributed by atoms with Crippen LogP contribution in [0.5, 0.6) is 0 Å². The average molecular weight is 573 g/mol. The molecule has 8 heteroatoms. The first-order valence-electron chi connectivity index (χ1n) is 13.7. The van der Waals surface area contributed by atoms with Gasteiger partial charge in [-0.3, -0.25) is 5.43 Å². The lowest BCUT2D eigenvalue weighted by molar-refractivity contribution is 0.273. The van der Waals surface area contributed by atoms with E-state index in [0.29, 0.717) is 29.0 Å². The zero-order valence-corrected chi connectivity index (χ0v) is 24.9. The molecule has 6 nitrogen and oxygen atoms in total. The number of hydrazone groups is 1. The van der Waals surface area contributed by atoms with Crippen molar-refractivity contribution < 1.29 is 8.42 Å². The van der Waals surface area contributed by atoms with Crippen LogP contribution in [-0.4, -0.2) is 37.0 Å².